The number of methoxy groups -OCH3 is 1. The first-order chi connectivity index (χ1) is 11.4. The van der Waals surface area contributed by atoms with Crippen LogP contribution < -0.4 is 5.32 Å². The zero-order valence-corrected chi connectivity index (χ0v) is 15.1. The van der Waals surface area contributed by atoms with Crippen LogP contribution in [0.1, 0.15) is 18.5 Å². The van der Waals surface area contributed by atoms with Crippen LogP contribution in [0.25, 0.3) is 0 Å². The van der Waals surface area contributed by atoms with Gasteiger partial charge in [-0.1, -0.05) is 29.3 Å². The van der Waals surface area contributed by atoms with Crippen molar-refractivity contribution in [2.75, 3.05) is 27.4 Å². The molecule has 0 saturated heterocycles. The summed E-state index contributed by atoms with van der Waals surface area (Å²) in [6.07, 6.45) is 0. The molecule has 1 aliphatic heterocycles. The highest BCUT2D eigenvalue weighted by atomic mass is 35.5. The number of hydrogen-bond acceptors (Lipinski definition) is 4. The summed E-state index contributed by atoms with van der Waals surface area (Å²) in [5.41, 5.74) is 1.38. The van der Waals surface area contributed by atoms with Crippen molar-refractivity contribution >= 4 is 35.2 Å². The standard InChI is InChI=1S/C16H18Cl2N2O4/c1-9-13(15(21)24-7-6-23-3)14(19-16(22)20(9)2)11-5-4-10(17)8-12(11)18/h4-5,8,14H,6-7H2,1-3H3,(H,19,22)/t14-/m1/s1. The number of rotatable bonds is 5. The molecule has 0 unspecified atom stereocenters. The van der Waals surface area contributed by atoms with Gasteiger partial charge in [-0.25, -0.2) is 9.59 Å². The van der Waals surface area contributed by atoms with Crippen LogP contribution in [0.5, 0.6) is 0 Å². The van der Waals surface area contributed by atoms with Crippen LogP contribution in [0, 0.1) is 0 Å². The Hall–Kier alpha value is -1.76. The van der Waals surface area contributed by atoms with Gasteiger partial charge in [-0.15, -0.1) is 0 Å². The number of carbonyl (C=O) groups excluding carboxylic acids is 2. The average Bonchev–Trinajstić information content (AvgIpc) is 2.52. The highest BCUT2D eigenvalue weighted by Gasteiger charge is 2.35. The molecule has 0 aliphatic carbocycles. The Balaban J connectivity index is 2.43. The lowest BCUT2D eigenvalue weighted by Crippen LogP contribution is -2.46. The first kappa shape index (κ1) is 18.6. The maximum atomic E-state index is 12.5. The van der Waals surface area contributed by atoms with Crippen molar-refractivity contribution in [1.29, 1.82) is 0 Å². The lowest BCUT2D eigenvalue weighted by Gasteiger charge is -2.33. The topological polar surface area (TPSA) is 67.9 Å². The Kier molecular flexibility index (Phi) is 6.10. The smallest absolute Gasteiger partial charge is 0.338 e. The summed E-state index contributed by atoms with van der Waals surface area (Å²) in [5, 5.41) is 3.58. The number of benzene rings is 1. The summed E-state index contributed by atoms with van der Waals surface area (Å²) in [4.78, 5) is 26.0. The molecule has 0 spiro atoms. The lowest BCUT2D eigenvalue weighted by molar-refractivity contribution is -0.140. The molecule has 2 rings (SSSR count). The molecule has 0 aromatic heterocycles. The van der Waals surface area contributed by atoms with E-state index < -0.39 is 12.0 Å². The SMILES string of the molecule is COCCOC(=O)C1=C(C)N(C)C(=O)N[C@@H]1c1ccc(Cl)cc1Cl. The van der Waals surface area contributed by atoms with E-state index in [2.05, 4.69) is 5.32 Å². The van der Waals surface area contributed by atoms with Gasteiger partial charge in [-0.3, -0.25) is 0 Å². The molecular weight excluding hydrogens is 355 g/mol. The highest BCUT2D eigenvalue weighted by molar-refractivity contribution is 6.35. The van der Waals surface area contributed by atoms with E-state index in [1.165, 1.54) is 12.0 Å². The molecule has 0 saturated carbocycles. The van der Waals surface area contributed by atoms with Crippen molar-refractivity contribution in [3.8, 4) is 0 Å². The minimum Gasteiger partial charge on any atom is -0.460 e. The molecule has 1 atom stereocenters. The maximum absolute atomic E-state index is 12.5. The fourth-order valence-electron chi connectivity index (χ4n) is 2.36. The zero-order valence-electron chi connectivity index (χ0n) is 13.6. The van der Waals surface area contributed by atoms with Gasteiger partial charge in [0.25, 0.3) is 0 Å². The van der Waals surface area contributed by atoms with Crippen LogP contribution in [0.3, 0.4) is 0 Å². The first-order valence-corrected chi connectivity index (χ1v) is 7.98. The molecule has 0 radical (unpaired) electrons. The monoisotopic (exact) mass is 372 g/mol. The Morgan fingerprint density at radius 2 is 2.04 bits per heavy atom. The third-order valence-corrected chi connectivity index (χ3v) is 4.33. The second-order valence-electron chi connectivity index (χ2n) is 5.24. The largest absolute Gasteiger partial charge is 0.460 e. The fourth-order valence-corrected chi connectivity index (χ4v) is 2.88. The molecule has 130 valence electrons. The number of nitrogens with one attached hydrogen (secondary N) is 1. The molecule has 0 fully saturated rings. The van der Waals surface area contributed by atoms with Gasteiger partial charge in [0.15, 0.2) is 0 Å². The van der Waals surface area contributed by atoms with E-state index in [4.69, 9.17) is 32.7 Å². The number of urea groups is 1. The zero-order chi connectivity index (χ0) is 17.9. The lowest BCUT2D eigenvalue weighted by atomic mass is 9.95. The average molecular weight is 373 g/mol. The van der Waals surface area contributed by atoms with Crippen molar-refractivity contribution in [3.63, 3.8) is 0 Å². The Bertz CT molecular complexity index is 691. The second kappa shape index (κ2) is 7.88. The van der Waals surface area contributed by atoms with Crippen LogP contribution in [0.15, 0.2) is 29.5 Å². The van der Waals surface area contributed by atoms with Crippen LogP contribution in [-0.4, -0.2) is 44.3 Å². The van der Waals surface area contributed by atoms with Crippen LogP contribution >= 0.6 is 23.2 Å². The summed E-state index contributed by atoms with van der Waals surface area (Å²) >= 11 is 12.2. The highest BCUT2D eigenvalue weighted by Crippen LogP contribution is 2.35. The molecular formula is C16H18Cl2N2O4. The van der Waals surface area contributed by atoms with Gasteiger partial charge in [0.2, 0.25) is 0 Å². The van der Waals surface area contributed by atoms with E-state index >= 15 is 0 Å². The van der Waals surface area contributed by atoms with Crippen molar-refractivity contribution in [2.24, 2.45) is 0 Å². The van der Waals surface area contributed by atoms with Crippen LogP contribution in [0.2, 0.25) is 10.0 Å². The maximum Gasteiger partial charge on any atom is 0.338 e. The molecule has 1 heterocycles. The summed E-state index contributed by atoms with van der Waals surface area (Å²) in [6, 6.07) is 3.84. The minimum atomic E-state index is -0.714. The predicted octanol–water partition coefficient (Wildman–Crippen LogP) is 3.15. The molecule has 0 bridgehead atoms. The molecule has 24 heavy (non-hydrogen) atoms. The normalized spacial score (nSPS) is 17.8. The van der Waals surface area contributed by atoms with Gasteiger partial charge >= 0.3 is 12.0 Å². The molecule has 2 amide bonds. The first-order valence-electron chi connectivity index (χ1n) is 7.22. The number of amides is 2. The van der Waals surface area contributed by atoms with Crippen LogP contribution in [0.4, 0.5) is 4.79 Å². The number of ether oxygens (including phenoxy) is 2. The number of halogens is 2. The Labute approximate surface area is 150 Å². The van der Waals surface area contributed by atoms with E-state index in [1.54, 1.807) is 32.2 Å². The Morgan fingerprint density at radius 3 is 2.67 bits per heavy atom. The van der Waals surface area contributed by atoms with Crippen molar-refractivity contribution < 1.29 is 19.1 Å². The van der Waals surface area contributed by atoms with Gasteiger partial charge in [-0.05, 0) is 24.6 Å². The number of esters is 1. The van der Waals surface area contributed by atoms with Gasteiger partial charge in [0.05, 0.1) is 18.2 Å². The van der Waals surface area contributed by atoms with E-state index in [0.29, 0.717) is 26.9 Å². The third-order valence-electron chi connectivity index (χ3n) is 3.77. The summed E-state index contributed by atoms with van der Waals surface area (Å²) in [6.45, 7) is 2.08. The number of nitrogens with zero attached hydrogens (tertiary/aromatic N) is 1. The van der Waals surface area contributed by atoms with Crippen molar-refractivity contribution in [2.45, 2.75) is 13.0 Å². The number of carbonyl (C=O) groups is 2. The second-order valence-corrected chi connectivity index (χ2v) is 6.08. The fraction of sp³-hybridized carbons (Fsp3) is 0.375. The summed E-state index contributed by atoms with van der Waals surface area (Å²) < 4.78 is 10.1. The van der Waals surface area contributed by atoms with E-state index in [-0.39, 0.29) is 19.2 Å². The van der Waals surface area contributed by atoms with Gasteiger partial charge in [-0.2, -0.15) is 0 Å². The predicted molar refractivity (Wildman–Crippen MR) is 91.0 cm³/mol. The minimum absolute atomic E-state index is 0.116. The molecule has 1 aromatic carbocycles. The van der Waals surface area contributed by atoms with E-state index in [9.17, 15) is 9.59 Å². The molecule has 8 heteroatoms. The van der Waals surface area contributed by atoms with Crippen molar-refractivity contribution in [1.82, 2.24) is 10.2 Å². The Morgan fingerprint density at radius 1 is 1.33 bits per heavy atom. The summed E-state index contributed by atoms with van der Waals surface area (Å²) in [5.74, 6) is -0.535. The van der Waals surface area contributed by atoms with E-state index in [0.717, 1.165) is 0 Å². The molecule has 6 nitrogen and oxygen atoms in total. The quantitative estimate of drug-likeness (QED) is 0.636. The van der Waals surface area contributed by atoms with E-state index in [1.807, 2.05) is 0 Å². The molecule has 1 aromatic rings. The molecule has 1 N–H and O–H groups in total. The van der Waals surface area contributed by atoms with Gasteiger partial charge in [0, 0.05) is 29.9 Å². The summed E-state index contributed by atoms with van der Waals surface area (Å²) in [7, 11) is 3.09. The van der Waals surface area contributed by atoms with Gasteiger partial charge in [0.1, 0.15) is 6.61 Å². The number of hydrogen-bond donors (Lipinski definition) is 1. The number of allylic oxidation sites excluding steroid dienone is 1. The molecule has 1 aliphatic rings. The van der Waals surface area contributed by atoms with Gasteiger partial charge < -0.3 is 19.7 Å². The van der Waals surface area contributed by atoms with Crippen molar-refractivity contribution in [3.05, 3.63) is 45.1 Å². The third kappa shape index (κ3) is 3.83. The van der Waals surface area contributed by atoms with Crippen LogP contribution in [-0.2, 0) is 14.3 Å².